The Hall–Kier alpha value is -1.35. The highest BCUT2D eigenvalue weighted by atomic mass is 35.5. The van der Waals surface area contributed by atoms with Gasteiger partial charge in [0.1, 0.15) is 6.33 Å². The molecule has 15 heavy (non-hydrogen) atoms. The van der Waals surface area contributed by atoms with Gasteiger partial charge in [-0.1, -0.05) is 12.1 Å². The van der Waals surface area contributed by atoms with Crippen LogP contribution in [-0.2, 0) is 0 Å². The Morgan fingerprint density at radius 2 is 2.20 bits per heavy atom. The van der Waals surface area contributed by atoms with E-state index < -0.39 is 0 Å². The fourth-order valence-corrected chi connectivity index (χ4v) is 1.92. The molecule has 1 heterocycles. The molecule has 1 aliphatic rings. The van der Waals surface area contributed by atoms with Crippen LogP contribution in [0.15, 0.2) is 30.6 Å². The highest BCUT2D eigenvalue weighted by Crippen LogP contribution is 2.40. The Morgan fingerprint density at radius 1 is 1.33 bits per heavy atom. The molecule has 1 aromatic carbocycles. The second-order valence-electron chi connectivity index (χ2n) is 3.84. The minimum Gasteiger partial charge on any atom is -0.272 e. The summed E-state index contributed by atoms with van der Waals surface area (Å²) in [6, 6.07) is 8.40. The molecule has 0 spiro atoms. The van der Waals surface area contributed by atoms with Crippen LogP contribution in [0.2, 0.25) is 5.28 Å². The number of benzene rings is 1. The number of rotatable bonds is 2. The molecule has 0 bridgehead atoms. The minimum atomic E-state index is 0.406. The largest absolute Gasteiger partial charge is 0.272 e. The fourth-order valence-electron chi connectivity index (χ4n) is 1.74. The van der Waals surface area contributed by atoms with Gasteiger partial charge in [0, 0.05) is 5.69 Å². The van der Waals surface area contributed by atoms with Gasteiger partial charge in [-0.05, 0) is 48.1 Å². The van der Waals surface area contributed by atoms with Gasteiger partial charge in [-0.3, -0.25) is 4.57 Å². The van der Waals surface area contributed by atoms with Crippen LogP contribution >= 0.6 is 11.6 Å². The molecule has 1 aromatic heterocycles. The molecule has 0 amide bonds. The van der Waals surface area contributed by atoms with E-state index in [0.29, 0.717) is 5.28 Å². The maximum absolute atomic E-state index is 5.91. The maximum atomic E-state index is 5.91. The predicted octanol–water partition coefficient (Wildman–Crippen LogP) is 2.80. The van der Waals surface area contributed by atoms with Crippen LogP contribution in [0.5, 0.6) is 0 Å². The number of hydrogen-bond acceptors (Lipinski definition) is 2. The fraction of sp³-hybridized carbons (Fsp3) is 0.273. The molecule has 76 valence electrons. The lowest BCUT2D eigenvalue weighted by atomic mass is 10.1. The van der Waals surface area contributed by atoms with Crippen molar-refractivity contribution in [3.63, 3.8) is 0 Å². The van der Waals surface area contributed by atoms with E-state index in [0.717, 1.165) is 11.6 Å². The highest BCUT2D eigenvalue weighted by molar-refractivity contribution is 6.28. The van der Waals surface area contributed by atoms with E-state index in [-0.39, 0.29) is 0 Å². The predicted molar refractivity (Wildman–Crippen MR) is 58.3 cm³/mol. The van der Waals surface area contributed by atoms with Crippen LogP contribution < -0.4 is 0 Å². The summed E-state index contributed by atoms with van der Waals surface area (Å²) in [6.45, 7) is 0. The first-order valence-electron chi connectivity index (χ1n) is 5.00. The summed E-state index contributed by atoms with van der Waals surface area (Å²) >= 11 is 5.91. The summed E-state index contributed by atoms with van der Waals surface area (Å²) in [5.74, 6) is 0.750. The molecule has 0 radical (unpaired) electrons. The summed E-state index contributed by atoms with van der Waals surface area (Å²) in [5, 5.41) is 7.94. The van der Waals surface area contributed by atoms with Crippen molar-refractivity contribution >= 4 is 11.6 Å². The van der Waals surface area contributed by atoms with Gasteiger partial charge in [0.05, 0.1) is 0 Å². The SMILES string of the molecule is Clc1nncn1-c1cccc(C2CC2)c1. The van der Waals surface area contributed by atoms with Gasteiger partial charge >= 0.3 is 0 Å². The molecule has 3 rings (SSSR count). The van der Waals surface area contributed by atoms with E-state index in [9.17, 15) is 0 Å². The monoisotopic (exact) mass is 219 g/mol. The molecule has 0 N–H and O–H groups in total. The van der Waals surface area contributed by atoms with Crippen molar-refractivity contribution in [1.29, 1.82) is 0 Å². The smallest absolute Gasteiger partial charge is 0.229 e. The first-order chi connectivity index (χ1) is 7.34. The van der Waals surface area contributed by atoms with Crippen molar-refractivity contribution in [2.75, 3.05) is 0 Å². The Balaban J connectivity index is 2.04. The summed E-state index contributed by atoms with van der Waals surface area (Å²) in [7, 11) is 0. The Morgan fingerprint density at radius 3 is 2.87 bits per heavy atom. The zero-order valence-electron chi connectivity index (χ0n) is 8.10. The maximum Gasteiger partial charge on any atom is 0.229 e. The molecule has 0 saturated heterocycles. The van der Waals surface area contributed by atoms with Crippen molar-refractivity contribution in [3.8, 4) is 5.69 Å². The van der Waals surface area contributed by atoms with E-state index in [1.165, 1.54) is 18.4 Å². The summed E-state index contributed by atoms with van der Waals surface area (Å²) in [5.41, 5.74) is 2.42. The molecule has 4 heteroatoms. The van der Waals surface area contributed by atoms with Gasteiger partial charge < -0.3 is 0 Å². The van der Waals surface area contributed by atoms with Gasteiger partial charge in [-0.25, -0.2) is 0 Å². The van der Waals surface area contributed by atoms with E-state index in [1.807, 2.05) is 6.07 Å². The number of hydrogen-bond donors (Lipinski definition) is 0. The molecule has 1 fully saturated rings. The van der Waals surface area contributed by atoms with Crippen molar-refractivity contribution in [1.82, 2.24) is 14.8 Å². The standard InChI is InChI=1S/C11H10ClN3/c12-11-14-13-7-15(11)10-3-1-2-9(6-10)8-4-5-8/h1-3,6-8H,4-5H2. The van der Waals surface area contributed by atoms with Gasteiger partial charge in [0.15, 0.2) is 0 Å². The zero-order valence-corrected chi connectivity index (χ0v) is 8.85. The van der Waals surface area contributed by atoms with Crippen LogP contribution in [0.1, 0.15) is 24.3 Å². The van der Waals surface area contributed by atoms with Crippen molar-refractivity contribution in [2.24, 2.45) is 0 Å². The molecule has 3 nitrogen and oxygen atoms in total. The summed E-state index contributed by atoms with van der Waals surface area (Å²) in [4.78, 5) is 0. The molecule has 2 aromatic rings. The Bertz CT molecular complexity index is 488. The molecular weight excluding hydrogens is 210 g/mol. The Labute approximate surface area is 92.7 Å². The lowest BCUT2D eigenvalue weighted by molar-refractivity contribution is 1.04. The molecule has 1 saturated carbocycles. The van der Waals surface area contributed by atoms with E-state index in [2.05, 4.69) is 28.4 Å². The number of aromatic nitrogens is 3. The van der Waals surface area contributed by atoms with Crippen LogP contribution in [0.4, 0.5) is 0 Å². The molecule has 0 unspecified atom stereocenters. The van der Waals surface area contributed by atoms with Gasteiger partial charge in [-0.15, -0.1) is 10.2 Å². The van der Waals surface area contributed by atoms with E-state index >= 15 is 0 Å². The van der Waals surface area contributed by atoms with Crippen molar-refractivity contribution < 1.29 is 0 Å². The van der Waals surface area contributed by atoms with E-state index in [1.54, 1.807) is 10.9 Å². The lowest BCUT2D eigenvalue weighted by Gasteiger charge is -2.04. The molecule has 1 aliphatic carbocycles. The first-order valence-corrected chi connectivity index (χ1v) is 5.38. The van der Waals surface area contributed by atoms with Crippen LogP contribution in [0.25, 0.3) is 5.69 Å². The van der Waals surface area contributed by atoms with Gasteiger partial charge in [0.25, 0.3) is 0 Å². The van der Waals surface area contributed by atoms with Crippen LogP contribution in [0.3, 0.4) is 0 Å². The van der Waals surface area contributed by atoms with Crippen molar-refractivity contribution in [3.05, 3.63) is 41.4 Å². The number of halogens is 1. The average molecular weight is 220 g/mol. The lowest BCUT2D eigenvalue weighted by Crippen LogP contribution is -1.93. The first kappa shape index (κ1) is 8.92. The summed E-state index contributed by atoms with van der Waals surface area (Å²) in [6.07, 6.45) is 4.24. The number of nitrogens with zero attached hydrogens (tertiary/aromatic N) is 3. The average Bonchev–Trinajstić information content (AvgIpc) is 3.02. The van der Waals surface area contributed by atoms with Crippen LogP contribution in [0, 0.1) is 0 Å². The second kappa shape index (κ2) is 3.35. The summed E-state index contributed by atoms with van der Waals surface area (Å²) < 4.78 is 1.79. The second-order valence-corrected chi connectivity index (χ2v) is 4.18. The molecular formula is C11H10ClN3. The normalized spacial score (nSPS) is 15.5. The topological polar surface area (TPSA) is 30.7 Å². The quantitative estimate of drug-likeness (QED) is 0.778. The van der Waals surface area contributed by atoms with Crippen molar-refractivity contribution in [2.45, 2.75) is 18.8 Å². The molecule has 0 aliphatic heterocycles. The third-order valence-corrected chi connectivity index (χ3v) is 2.96. The highest BCUT2D eigenvalue weighted by Gasteiger charge is 2.23. The third kappa shape index (κ3) is 1.63. The minimum absolute atomic E-state index is 0.406. The van der Waals surface area contributed by atoms with E-state index in [4.69, 9.17) is 11.6 Å². The van der Waals surface area contributed by atoms with Crippen LogP contribution in [-0.4, -0.2) is 14.8 Å². The molecule has 0 atom stereocenters. The third-order valence-electron chi connectivity index (χ3n) is 2.70. The van der Waals surface area contributed by atoms with Gasteiger partial charge in [-0.2, -0.15) is 0 Å². The Kier molecular flexibility index (Phi) is 1.99. The zero-order chi connectivity index (χ0) is 10.3. The van der Waals surface area contributed by atoms with Gasteiger partial charge in [0.2, 0.25) is 5.28 Å².